The van der Waals surface area contributed by atoms with E-state index in [0.29, 0.717) is 6.54 Å². The lowest BCUT2D eigenvalue weighted by molar-refractivity contribution is -0.163. The fraction of sp³-hybridized carbons (Fsp3) is 0.593. The van der Waals surface area contributed by atoms with Crippen molar-refractivity contribution in [2.24, 2.45) is 23.7 Å². The standard InChI is InChI=1S/C54H78N8O8/c1-32(2)25-41-51(66)59(11)37(10)54(69)70-47(19-16-24-55)50(65)58-43(27-34(5)6)53(68)60(12)45(28-35(7)8)48(63)57-42(26-33(3)4)52(67)61(13)46(49(64)56-41)29-39-31-62(44-18-15-14-17-40(39)44)30-38-22-20-36(9)21-23-38/h14-15,17-18,20-23,31-35,37,41-43,45-47H,16,19,25-30H2,1-13H3,(H,56,64)(H,57,63)(H,58,65)/t37-,41-,42-,43-,45-,46-,47+/m0/s1. The number of likely N-dealkylation sites (N-methyl/N-ethyl adjacent to an activating group) is 3. The van der Waals surface area contributed by atoms with Crippen LogP contribution in [0.4, 0.5) is 0 Å². The van der Waals surface area contributed by atoms with Gasteiger partial charge in [-0.1, -0.05) is 103 Å². The zero-order valence-corrected chi connectivity index (χ0v) is 43.7. The largest absolute Gasteiger partial charge is 0.451 e. The summed E-state index contributed by atoms with van der Waals surface area (Å²) in [5.74, 6) is -5.07. The van der Waals surface area contributed by atoms with Crippen molar-refractivity contribution in [3.05, 3.63) is 71.4 Å². The third-order valence-corrected chi connectivity index (χ3v) is 13.0. The Hall–Kier alpha value is -6.24. The van der Waals surface area contributed by atoms with Crippen LogP contribution in [0.5, 0.6) is 0 Å². The number of carbonyl (C=O) groups excluding carboxylic acids is 7. The number of benzene rings is 2. The Morgan fingerprint density at radius 2 is 1.10 bits per heavy atom. The molecule has 0 unspecified atom stereocenters. The zero-order valence-electron chi connectivity index (χ0n) is 43.7. The van der Waals surface area contributed by atoms with Crippen LogP contribution in [-0.2, 0) is 51.3 Å². The van der Waals surface area contributed by atoms with Crippen LogP contribution in [0.3, 0.4) is 0 Å². The summed E-state index contributed by atoms with van der Waals surface area (Å²) in [6, 6.07) is 11.1. The first-order chi connectivity index (χ1) is 32.9. The lowest BCUT2D eigenvalue weighted by Crippen LogP contribution is -2.60. The molecule has 1 saturated heterocycles. The summed E-state index contributed by atoms with van der Waals surface area (Å²) in [6.07, 6.45) is 0.935. The molecule has 1 aromatic heterocycles. The minimum Gasteiger partial charge on any atom is -0.451 e. The first-order valence-electron chi connectivity index (χ1n) is 24.8. The van der Waals surface area contributed by atoms with E-state index in [-0.39, 0.29) is 68.6 Å². The quantitative estimate of drug-likeness (QED) is 0.164. The first-order valence-corrected chi connectivity index (χ1v) is 24.8. The van der Waals surface area contributed by atoms with E-state index in [1.807, 2.05) is 98.8 Å². The molecule has 3 aromatic rings. The van der Waals surface area contributed by atoms with Gasteiger partial charge in [0.2, 0.25) is 29.5 Å². The van der Waals surface area contributed by atoms with Crippen LogP contribution in [0, 0.1) is 41.9 Å². The molecule has 382 valence electrons. The molecule has 16 heteroatoms. The van der Waals surface area contributed by atoms with Crippen molar-refractivity contribution < 1.29 is 38.3 Å². The van der Waals surface area contributed by atoms with Crippen molar-refractivity contribution in [2.75, 3.05) is 21.1 Å². The van der Waals surface area contributed by atoms with Crippen LogP contribution in [-0.4, -0.2) is 124 Å². The van der Waals surface area contributed by atoms with E-state index in [1.54, 1.807) is 0 Å². The van der Waals surface area contributed by atoms with E-state index in [1.165, 1.54) is 37.9 Å². The number of amides is 6. The fourth-order valence-electron chi connectivity index (χ4n) is 8.96. The summed E-state index contributed by atoms with van der Waals surface area (Å²) < 4.78 is 7.86. The van der Waals surface area contributed by atoms with Gasteiger partial charge >= 0.3 is 5.97 Å². The van der Waals surface area contributed by atoms with E-state index in [2.05, 4.69) is 44.8 Å². The van der Waals surface area contributed by atoms with Gasteiger partial charge in [0, 0.05) is 64.1 Å². The van der Waals surface area contributed by atoms with Crippen LogP contribution in [0.2, 0.25) is 0 Å². The zero-order chi connectivity index (χ0) is 52.1. The number of cyclic esters (lactones) is 1. The summed E-state index contributed by atoms with van der Waals surface area (Å²) in [7, 11) is 4.42. The molecule has 4 rings (SSSR count). The summed E-state index contributed by atoms with van der Waals surface area (Å²) in [6.45, 7) is 19.2. The second-order valence-corrected chi connectivity index (χ2v) is 20.9. The SMILES string of the molecule is Cc1ccc(Cn2cc(C[C@H]3C(=O)N[C@@H](CC(C)C)C(=O)N(C)[C@@H](C)C(=O)O[C@H](CCC#N)C(=O)N[C@@H](CC(C)C)C(=O)N(C)[C@@H](CC(C)C)C(=O)N[C@@H](CC(C)C)C(=O)N3C)c3ccccc32)cc1. The van der Waals surface area contributed by atoms with Crippen molar-refractivity contribution >= 4 is 52.3 Å². The van der Waals surface area contributed by atoms with Gasteiger partial charge in [-0.2, -0.15) is 5.26 Å². The monoisotopic (exact) mass is 967 g/mol. The number of ether oxygens (including phenoxy) is 1. The molecule has 0 radical (unpaired) electrons. The van der Waals surface area contributed by atoms with Crippen LogP contribution >= 0.6 is 0 Å². The Labute approximate surface area is 415 Å². The highest BCUT2D eigenvalue weighted by Crippen LogP contribution is 2.26. The van der Waals surface area contributed by atoms with Crippen molar-refractivity contribution in [3.63, 3.8) is 0 Å². The summed E-state index contributed by atoms with van der Waals surface area (Å²) in [5, 5.41) is 19.1. The molecule has 1 aliphatic heterocycles. The predicted molar refractivity (Wildman–Crippen MR) is 270 cm³/mol. The molecule has 3 N–H and O–H groups in total. The highest BCUT2D eigenvalue weighted by Gasteiger charge is 2.40. The Balaban J connectivity index is 1.92. The van der Waals surface area contributed by atoms with Crippen LogP contribution < -0.4 is 16.0 Å². The van der Waals surface area contributed by atoms with Crippen LogP contribution in [0.1, 0.15) is 118 Å². The van der Waals surface area contributed by atoms with Gasteiger partial charge in [0.1, 0.15) is 36.3 Å². The number of nitrogens with one attached hydrogen (secondary N) is 3. The second kappa shape index (κ2) is 25.6. The molecule has 0 saturated carbocycles. The molecular weight excluding hydrogens is 889 g/mol. The van der Waals surface area contributed by atoms with E-state index in [0.717, 1.165) is 32.5 Å². The molecular formula is C54H78N8O8. The lowest BCUT2D eigenvalue weighted by Gasteiger charge is -2.35. The maximum Gasteiger partial charge on any atom is 0.329 e. The first kappa shape index (κ1) is 56.3. The third-order valence-electron chi connectivity index (χ3n) is 13.0. The van der Waals surface area contributed by atoms with E-state index in [9.17, 15) is 29.2 Å². The number of carbonyl (C=O) groups is 7. The minimum absolute atomic E-state index is 0.0363. The average molecular weight is 967 g/mol. The highest BCUT2D eigenvalue weighted by molar-refractivity contribution is 5.98. The Morgan fingerprint density at radius 1 is 0.629 bits per heavy atom. The lowest BCUT2D eigenvalue weighted by atomic mass is 9.96. The number of aromatic nitrogens is 1. The summed E-state index contributed by atoms with van der Waals surface area (Å²) >= 11 is 0. The average Bonchev–Trinajstić information content (AvgIpc) is 3.64. The van der Waals surface area contributed by atoms with E-state index >= 15 is 9.59 Å². The molecule has 1 fully saturated rings. The number of rotatable bonds is 14. The van der Waals surface area contributed by atoms with Crippen LogP contribution in [0.25, 0.3) is 10.9 Å². The molecule has 6 amide bonds. The molecule has 70 heavy (non-hydrogen) atoms. The smallest absolute Gasteiger partial charge is 0.329 e. The van der Waals surface area contributed by atoms with Gasteiger partial charge < -0.3 is 40.0 Å². The Morgan fingerprint density at radius 3 is 1.61 bits per heavy atom. The van der Waals surface area contributed by atoms with Crippen LogP contribution in [0.15, 0.2) is 54.7 Å². The molecule has 7 atom stereocenters. The molecule has 0 aliphatic carbocycles. The van der Waals surface area contributed by atoms with Crippen molar-refractivity contribution in [1.29, 1.82) is 5.26 Å². The number of para-hydroxylation sites is 1. The van der Waals surface area contributed by atoms with Crippen molar-refractivity contribution in [3.8, 4) is 6.07 Å². The van der Waals surface area contributed by atoms with Gasteiger partial charge in [0.15, 0.2) is 6.10 Å². The molecule has 0 bridgehead atoms. The van der Waals surface area contributed by atoms with E-state index < -0.39 is 83.8 Å². The number of nitrogens with zero attached hydrogens (tertiary/aromatic N) is 5. The number of esters is 1. The topological polar surface area (TPSA) is 203 Å². The normalized spacial score (nSPS) is 23.2. The molecule has 16 nitrogen and oxygen atoms in total. The number of fused-ring (bicyclic) bond motifs is 1. The molecule has 2 heterocycles. The summed E-state index contributed by atoms with van der Waals surface area (Å²) in [5.41, 5.74) is 3.91. The van der Waals surface area contributed by atoms with Gasteiger partial charge in [-0.25, -0.2) is 4.79 Å². The third kappa shape index (κ3) is 15.1. The molecule has 2 aromatic carbocycles. The van der Waals surface area contributed by atoms with Gasteiger partial charge in [-0.3, -0.25) is 28.8 Å². The van der Waals surface area contributed by atoms with Crippen molar-refractivity contribution in [1.82, 2.24) is 35.2 Å². The van der Waals surface area contributed by atoms with Gasteiger partial charge in [0.25, 0.3) is 5.91 Å². The number of hydrogen-bond donors (Lipinski definition) is 3. The number of nitriles is 1. The van der Waals surface area contributed by atoms with Gasteiger partial charge in [-0.05, 0) is 80.4 Å². The predicted octanol–water partition coefficient (Wildman–Crippen LogP) is 5.91. The maximum atomic E-state index is 15.1. The summed E-state index contributed by atoms with van der Waals surface area (Å²) in [4.78, 5) is 106. The minimum atomic E-state index is -1.50. The number of hydrogen-bond acceptors (Lipinski definition) is 9. The molecule has 0 spiro atoms. The van der Waals surface area contributed by atoms with Gasteiger partial charge in [0.05, 0.1) is 6.07 Å². The maximum absolute atomic E-state index is 15.1. The molecule has 1 aliphatic rings. The highest BCUT2D eigenvalue weighted by atomic mass is 16.5. The second-order valence-electron chi connectivity index (χ2n) is 20.9. The van der Waals surface area contributed by atoms with Crippen molar-refractivity contribution in [2.45, 2.75) is 163 Å². The number of aryl methyl sites for hydroxylation is 1. The fourth-order valence-corrected chi connectivity index (χ4v) is 8.96. The van der Waals surface area contributed by atoms with E-state index in [4.69, 9.17) is 4.74 Å². The Kier molecular flexibility index (Phi) is 20.6. The van der Waals surface area contributed by atoms with Gasteiger partial charge in [-0.15, -0.1) is 0 Å². The Bertz CT molecular complexity index is 2350.